The van der Waals surface area contributed by atoms with E-state index in [1.54, 1.807) is 28.9 Å². The van der Waals surface area contributed by atoms with Gasteiger partial charge in [-0.25, -0.2) is 14.4 Å². The highest BCUT2D eigenvalue weighted by molar-refractivity contribution is 6.06. The van der Waals surface area contributed by atoms with Crippen LogP contribution in [0.2, 0.25) is 0 Å². The summed E-state index contributed by atoms with van der Waals surface area (Å²) in [4.78, 5) is 23.4. The average molecular weight is 505 g/mol. The summed E-state index contributed by atoms with van der Waals surface area (Å²) in [6, 6.07) is 9.73. The van der Waals surface area contributed by atoms with Crippen molar-refractivity contribution >= 4 is 23.1 Å². The van der Waals surface area contributed by atoms with Gasteiger partial charge in [-0.05, 0) is 56.8 Å². The van der Waals surface area contributed by atoms with Crippen molar-refractivity contribution in [2.75, 3.05) is 32.6 Å². The molecule has 0 aliphatic carbocycles. The smallest absolute Gasteiger partial charge is 0.254 e. The quantitative estimate of drug-likeness (QED) is 0.376. The van der Waals surface area contributed by atoms with Crippen molar-refractivity contribution in [2.24, 2.45) is 0 Å². The molecule has 1 amide bonds. The monoisotopic (exact) mass is 504 g/mol. The minimum Gasteiger partial charge on any atom is -0.506 e. The Morgan fingerprint density at radius 3 is 2.73 bits per heavy atom. The predicted octanol–water partition coefficient (Wildman–Crippen LogP) is 4.09. The zero-order valence-corrected chi connectivity index (χ0v) is 20.8. The van der Waals surface area contributed by atoms with Crippen molar-refractivity contribution in [3.63, 3.8) is 0 Å². The van der Waals surface area contributed by atoms with Crippen LogP contribution in [0.4, 0.5) is 15.9 Å². The first kappa shape index (κ1) is 24.7. The van der Waals surface area contributed by atoms with E-state index in [0.717, 1.165) is 30.0 Å². The van der Waals surface area contributed by atoms with Crippen LogP contribution in [0.5, 0.6) is 5.75 Å². The van der Waals surface area contributed by atoms with Gasteiger partial charge in [-0.2, -0.15) is 0 Å². The molecule has 2 aliphatic heterocycles. The molecule has 2 aliphatic rings. The molecule has 37 heavy (non-hydrogen) atoms. The standard InChI is InChI=1S/C23H21FN6O2.C4H8O/c1-29(2)12-17-19(31)5-6-20(28-17)27-16-4-3-14(15-10-26-23(32)22(15)16)18-11-25-21-9-13(24)7-8-30(18)21;1-2-4-5-3-1/h3-9,11,31H,10,12H2,1-2H3,(H,26,32)(H,27,28);1-4H2. The molecule has 5 heterocycles. The molecule has 1 aromatic carbocycles. The Kier molecular flexibility index (Phi) is 7.02. The van der Waals surface area contributed by atoms with Gasteiger partial charge in [0.05, 0.1) is 28.8 Å². The molecule has 0 radical (unpaired) electrons. The number of aromatic nitrogens is 3. The molecule has 9 nitrogen and oxygen atoms in total. The molecule has 3 aromatic heterocycles. The van der Waals surface area contributed by atoms with Crippen LogP contribution < -0.4 is 10.6 Å². The topological polar surface area (TPSA) is 104 Å². The van der Waals surface area contributed by atoms with Gasteiger partial charge in [-0.15, -0.1) is 0 Å². The Balaban J connectivity index is 0.000000503. The number of hydrogen-bond donors (Lipinski definition) is 3. The molecule has 6 rings (SSSR count). The van der Waals surface area contributed by atoms with Crippen LogP contribution in [0, 0.1) is 5.82 Å². The molecule has 4 aromatic rings. The van der Waals surface area contributed by atoms with Crippen LogP contribution >= 0.6 is 0 Å². The summed E-state index contributed by atoms with van der Waals surface area (Å²) in [5, 5.41) is 16.2. The maximum Gasteiger partial charge on any atom is 0.254 e. The Morgan fingerprint density at radius 1 is 1.19 bits per heavy atom. The molecule has 3 N–H and O–H groups in total. The highest BCUT2D eigenvalue weighted by Crippen LogP contribution is 2.35. The number of aromatic hydroxyl groups is 1. The molecule has 0 saturated carbocycles. The Hall–Kier alpha value is -4.02. The molecule has 1 saturated heterocycles. The fourth-order valence-electron chi connectivity index (χ4n) is 4.47. The van der Waals surface area contributed by atoms with Gasteiger partial charge in [0, 0.05) is 44.1 Å². The number of hydrogen-bond acceptors (Lipinski definition) is 7. The van der Waals surface area contributed by atoms with Gasteiger partial charge < -0.3 is 25.4 Å². The number of imidazole rings is 1. The van der Waals surface area contributed by atoms with Crippen LogP contribution in [-0.4, -0.2) is 57.6 Å². The molecular weight excluding hydrogens is 475 g/mol. The van der Waals surface area contributed by atoms with Crippen LogP contribution in [-0.2, 0) is 17.8 Å². The van der Waals surface area contributed by atoms with E-state index in [0.29, 0.717) is 41.5 Å². The summed E-state index contributed by atoms with van der Waals surface area (Å²) < 4.78 is 20.3. The third kappa shape index (κ3) is 5.25. The molecule has 0 unspecified atom stereocenters. The van der Waals surface area contributed by atoms with Crippen LogP contribution in [0.25, 0.3) is 16.9 Å². The number of fused-ring (bicyclic) bond motifs is 2. The number of carbonyl (C=O) groups is 1. The minimum atomic E-state index is -0.355. The van der Waals surface area contributed by atoms with E-state index in [1.807, 2.05) is 31.1 Å². The molecule has 192 valence electrons. The van der Waals surface area contributed by atoms with E-state index in [2.05, 4.69) is 20.6 Å². The van der Waals surface area contributed by atoms with Crippen molar-refractivity contribution in [1.29, 1.82) is 0 Å². The zero-order valence-electron chi connectivity index (χ0n) is 20.8. The number of benzene rings is 1. The maximum absolute atomic E-state index is 13.6. The number of rotatable bonds is 5. The fourth-order valence-corrected chi connectivity index (χ4v) is 4.47. The predicted molar refractivity (Wildman–Crippen MR) is 138 cm³/mol. The Labute approximate surface area is 213 Å². The number of anilines is 2. The second kappa shape index (κ2) is 10.5. The Morgan fingerprint density at radius 2 is 2.00 bits per heavy atom. The number of nitrogens with zero attached hydrogens (tertiary/aromatic N) is 4. The van der Waals surface area contributed by atoms with Crippen molar-refractivity contribution in [2.45, 2.75) is 25.9 Å². The summed E-state index contributed by atoms with van der Waals surface area (Å²) in [6.07, 6.45) is 5.86. The molecular formula is C27H29FN6O3. The zero-order chi connectivity index (χ0) is 25.9. The molecule has 10 heteroatoms. The lowest BCUT2D eigenvalue weighted by atomic mass is 9.99. The first-order valence-electron chi connectivity index (χ1n) is 12.2. The van der Waals surface area contributed by atoms with E-state index >= 15 is 0 Å². The second-order valence-electron chi connectivity index (χ2n) is 9.26. The molecule has 0 bridgehead atoms. The number of carbonyl (C=O) groups excluding carboxylic acids is 1. The van der Waals surface area contributed by atoms with E-state index in [1.165, 1.54) is 25.0 Å². The number of halogens is 1. The summed E-state index contributed by atoms with van der Waals surface area (Å²) >= 11 is 0. The van der Waals surface area contributed by atoms with Crippen LogP contribution in [0.1, 0.15) is 34.5 Å². The van der Waals surface area contributed by atoms with Gasteiger partial charge in [-0.1, -0.05) is 6.07 Å². The van der Waals surface area contributed by atoms with E-state index < -0.39 is 0 Å². The van der Waals surface area contributed by atoms with E-state index in [-0.39, 0.29) is 17.5 Å². The number of amides is 1. The lowest BCUT2D eigenvalue weighted by molar-refractivity contribution is 0.0966. The van der Waals surface area contributed by atoms with E-state index in [9.17, 15) is 14.3 Å². The fraction of sp³-hybridized carbons (Fsp3) is 0.296. The summed E-state index contributed by atoms with van der Waals surface area (Å²) in [5.41, 5.74) is 4.63. The van der Waals surface area contributed by atoms with Gasteiger partial charge in [0.25, 0.3) is 5.91 Å². The van der Waals surface area contributed by atoms with Gasteiger partial charge >= 0.3 is 0 Å². The largest absolute Gasteiger partial charge is 0.506 e. The summed E-state index contributed by atoms with van der Waals surface area (Å²) in [5.74, 6) is 0.106. The van der Waals surface area contributed by atoms with Crippen LogP contribution in [0.3, 0.4) is 0 Å². The summed E-state index contributed by atoms with van der Waals surface area (Å²) in [7, 11) is 3.79. The van der Waals surface area contributed by atoms with Gasteiger partial charge in [0.2, 0.25) is 0 Å². The maximum atomic E-state index is 13.6. The third-order valence-electron chi connectivity index (χ3n) is 6.22. The molecule has 0 spiro atoms. The SMILES string of the molecule is C1CCOC1.CN(C)Cc1nc(Nc2ccc(-c3cnc4cc(F)ccn34)c3c2C(=O)NC3)ccc1O. The first-order chi connectivity index (χ1) is 17.9. The third-order valence-corrected chi connectivity index (χ3v) is 6.22. The lowest BCUT2D eigenvalue weighted by Crippen LogP contribution is -2.14. The number of nitrogens with one attached hydrogen (secondary N) is 2. The van der Waals surface area contributed by atoms with Gasteiger partial charge in [0.15, 0.2) is 0 Å². The van der Waals surface area contributed by atoms with Gasteiger partial charge in [-0.3, -0.25) is 9.20 Å². The van der Waals surface area contributed by atoms with Crippen molar-refractivity contribution in [1.82, 2.24) is 24.6 Å². The van der Waals surface area contributed by atoms with Gasteiger partial charge in [0.1, 0.15) is 23.0 Å². The van der Waals surface area contributed by atoms with Crippen molar-refractivity contribution in [3.05, 3.63) is 71.4 Å². The summed E-state index contributed by atoms with van der Waals surface area (Å²) in [6.45, 7) is 2.86. The second-order valence-corrected chi connectivity index (χ2v) is 9.26. The average Bonchev–Trinajstić information content (AvgIpc) is 3.64. The van der Waals surface area contributed by atoms with Crippen molar-refractivity contribution < 1.29 is 19.0 Å². The van der Waals surface area contributed by atoms with E-state index in [4.69, 9.17) is 4.74 Å². The first-order valence-corrected chi connectivity index (χ1v) is 12.2. The van der Waals surface area contributed by atoms with Crippen molar-refractivity contribution in [3.8, 4) is 17.0 Å². The minimum absolute atomic E-state index is 0.117. The molecule has 0 atom stereocenters. The number of ether oxygens (including phenoxy) is 1. The highest BCUT2D eigenvalue weighted by atomic mass is 19.1. The Bertz CT molecular complexity index is 1440. The number of pyridine rings is 2. The lowest BCUT2D eigenvalue weighted by Gasteiger charge is -2.15. The molecule has 1 fully saturated rings. The van der Waals surface area contributed by atoms with Crippen LogP contribution in [0.15, 0.2) is 48.8 Å². The normalized spacial score (nSPS) is 14.4. The highest BCUT2D eigenvalue weighted by Gasteiger charge is 2.27.